The zero-order chi connectivity index (χ0) is 17.5. The topological polar surface area (TPSA) is 58.2 Å². The molecule has 0 radical (unpaired) electrons. The van der Waals surface area contributed by atoms with Gasteiger partial charge in [0.25, 0.3) is 0 Å². The molecule has 0 spiro atoms. The summed E-state index contributed by atoms with van der Waals surface area (Å²) >= 11 is 0. The Hall–Kier alpha value is -2.62. The summed E-state index contributed by atoms with van der Waals surface area (Å²) < 4.78 is 0. The van der Waals surface area contributed by atoms with Gasteiger partial charge in [-0.2, -0.15) is 0 Å². The van der Waals surface area contributed by atoms with E-state index < -0.39 is 11.8 Å². The first-order valence-corrected chi connectivity index (χ1v) is 8.92. The van der Waals surface area contributed by atoms with Crippen LogP contribution in [-0.4, -0.2) is 24.9 Å². The summed E-state index contributed by atoms with van der Waals surface area (Å²) in [5.74, 6) is -1.25. The van der Waals surface area contributed by atoms with Crippen LogP contribution in [0.4, 0.5) is 0 Å². The summed E-state index contributed by atoms with van der Waals surface area (Å²) in [7, 11) is 0. The van der Waals surface area contributed by atoms with Gasteiger partial charge in [-0.1, -0.05) is 60.7 Å². The maximum absolute atomic E-state index is 13.0. The highest BCUT2D eigenvalue weighted by molar-refractivity contribution is 5.94. The Morgan fingerprint density at radius 1 is 0.600 bits per heavy atom. The molecule has 130 valence electrons. The van der Waals surface area contributed by atoms with Crippen molar-refractivity contribution in [3.63, 3.8) is 0 Å². The van der Waals surface area contributed by atoms with Crippen LogP contribution in [0.15, 0.2) is 60.7 Å². The lowest BCUT2D eigenvalue weighted by Gasteiger charge is -2.26. The minimum atomic E-state index is -0.540. The molecule has 2 aromatic rings. The van der Waals surface area contributed by atoms with E-state index in [1.165, 1.54) is 0 Å². The Kier molecular flexibility index (Phi) is 5.83. The molecular weight excluding hydrogens is 312 g/mol. The molecule has 4 nitrogen and oxygen atoms in total. The Morgan fingerprint density at radius 3 is 1.40 bits per heavy atom. The molecule has 25 heavy (non-hydrogen) atoms. The number of hydrogen-bond acceptors (Lipinski definition) is 2. The van der Waals surface area contributed by atoms with Crippen LogP contribution in [0.1, 0.15) is 42.2 Å². The molecule has 1 fully saturated rings. The van der Waals surface area contributed by atoms with Crippen LogP contribution >= 0.6 is 0 Å². The van der Waals surface area contributed by atoms with Crippen molar-refractivity contribution in [1.29, 1.82) is 0 Å². The molecule has 2 aromatic carbocycles. The first-order valence-electron chi connectivity index (χ1n) is 8.92. The molecule has 1 aliphatic heterocycles. The van der Waals surface area contributed by atoms with Crippen molar-refractivity contribution < 1.29 is 9.59 Å². The Bertz CT molecular complexity index is 639. The van der Waals surface area contributed by atoms with Crippen molar-refractivity contribution >= 4 is 11.8 Å². The van der Waals surface area contributed by atoms with E-state index in [9.17, 15) is 9.59 Å². The fourth-order valence-electron chi connectivity index (χ4n) is 3.38. The average Bonchev–Trinajstić information content (AvgIpc) is 2.68. The van der Waals surface area contributed by atoms with Crippen molar-refractivity contribution in [2.45, 2.75) is 31.1 Å². The van der Waals surface area contributed by atoms with Gasteiger partial charge in [0.1, 0.15) is 0 Å². The van der Waals surface area contributed by atoms with E-state index in [-0.39, 0.29) is 11.8 Å². The van der Waals surface area contributed by atoms with E-state index in [4.69, 9.17) is 0 Å². The summed E-state index contributed by atoms with van der Waals surface area (Å²) in [4.78, 5) is 26.0. The summed E-state index contributed by atoms with van der Waals surface area (Å²) in [5, 5.41) is 6.06. The monoisotopic (exact) mass is 336 g/mol. The molecule has 0 aromatic heterocycles. The van der Waals surface area contributed by atoms with Crippen molar-refractivity contribution in [2.75, 3.05) is 13.1 Å². The van der Waals surface area contributed by atoms with Crippen molar-refractivity contribution in [3.8, 4) is 0 Å². The van der Waals surface area contributed by atoms with Crippen LogP contribution in [0, 0.1) is 0 Å². The number of benzene rings is 2. The lowest BCUT2D eigenvalue weighted by atomic mass is 9.80. The zero-order valence-corrected chi connectivity index (χ0v) is 14.3. The summed E-state index contributed by atoms with van der Waals surface area (Å²) in [6.45, 7) is 1.30. The maximum atomic E-state index is 13.0. The van der Waals surface area contributed by atoms with Gasteiger partial charge in [0.15, 0.2) is 0 Å². The van der Waals surface area contributed by atoms with Gasteiger partial charge in [-0.25, -0.2) is 0 Å². The van der Waals surface area contributed by atoms with E-state index >= 15 is 0 Å². The third-order valence-corrected chi connectivity index (χ3v) is 4.67. The van der Waals surface area contributed by atoms with Crippen LogP contribution in [0.3, 0.4) is 0 Å². The second-order valence-corrected chi connectivity index (χ2v) is 6.42. The molecule has 1 saturated heterocycles. The maximum Gasteiger partial charge on any atom is 0.228 e. The van der Waals surface area contributed by atoms with Gasteiger partial charge in [0, 0.05) is 13.1 Å². The second kappa shape index (κ2) is 8.47. The zero-order valence-electron chi connectivity index (χ0n) is 14.3. The minimum absolute atomic E-state index is 0.0860. The summed E-state index contributed by atoms with van der Waals surface area (Å²) in [6.07, 6.45) is 2.85. The molecule has 1 aliphatic rings. The van der Waals surface area contributed by atoms with E-state index in [1.807, 2.05) is 60.7 Å². The van der Waals surface area contributed by atoms with Crippen LogP contribution in [0.2, 0.25) is 0 Å². The highest BCUT2D eigenvalue weighted by atomic mass is 16.2. The van der Waals surface area contributed by atoms with E-state index in [0.717, 1.165) is 30.4 Å². The Balaban J connectivity index is 2.05. The van der Waals surface area contributed by atoms with Gasteiger partial charge in [0.2, 0.25) is 11.8 Å². The number of amides is 2. The van der Waals surface area contributed by atoms with E-state index in [2.05, 4.69) is 10.6 Å². The minimum Gasteiger partial charge on any atom is -0.356 e. The van der Waals surface area contributed by atoms with Crippen molar-refractivity contribution in [2.24, 2.45) is 0 Å². The number of rotatable bonds is 2. The van der Waals surface area contributed by atoms with Crippen molar-refractivity contribution in [3.05, 3.63) is 71.8 Å². The van der Waals surface area contributed by atoms with Crippen molar-refractivity contribution in [1.82, 2.24) is 10.6 Å². The third kappa shape index (κ3) is 4.27. The molecule has 2 amide bonds. The molecular formula is C21H24N2O2. The number of nitrogens with one attached hydrogen (secondary N) is 2. The Morgan fingerprint density at radius 2 is 1.00 bits per heavy atom. The molecule has 2 N–H and O–H groups in total. The first-order chi connectivity index (χ1) is 12.3. The van der Waals surface area contributed by atoms with Crippen LogP contribution in [-0.2, 0) is 9.59 Å². The largest absolute Gasteiger partial charge is 0.356 e. The molecule has 4 heteroatoms. The normalized spacial score (nSPS) is 22.4. The molecule has 3 rings (SSSR count). The number of carbonyl (C=O) groups is 2. The second-order valence-electron chi connectivity index (χ2n) is 6.42. The van der Waals surface area contributed by atoms with Gasteiger partial charge in [0.05, 0.1) is 11.8 Å². The predicted octanol–water partition coefficient (Wildman–Crippen LogP) is 2.97. The Labute approximate surface area is 148 Å². The molecule has 2 atom stereocenters. The highest BCUT2D eigenvalue weighted by Crippen LogP contribution is 2.34. The quantitative estimate of drug-likeness (QED) is 0.886. The predicted molar refractivity (Wildman–Crippen MR) is 98.2 cm³/mol. The standard InChI is InChI=1S/C21H24N2O2/c24-20-18(16-10-4-1-5-11-16)19(17-12-6-2-7-13-17)21(25)23-15-9-3-8-14-22-20/h1-2,4-7,10-13,18-19H,3,8-9,14-15H2,(H,22,24)(H,23,25)/t18-,19+. The van der Waals surface area contributed by atoms with Crippen LogP contribution in [0.25, 0.3) is 0 Å². The molecule has 0 saturated carbocycles. The fraction of sp³-hybridized carbons (Fsp3) is 0.333. The lowest BCUT2D eigenvalue weighted by Crippen LogP contribution is -2.39. The van der Waals surface area contributed by atoms with Gasteiger partial charge in [-0.15, -0.1) is 0 Å². The molecule has 0 unspecified atom stereocenters. The van der Waals surface area contributed by atoms with Gasteiger partial charge >= 0.3 is 0 Å². The molecule has 0 bridgehead atoms. The molecule has 1 heterocycles. The number of hydrogen-bond donors (Lipinski definition) is 2. The van der Waals surface area contributed by atoms with Gasteiger partial charge in [-0.05, 0) is 30.4 Å². The third-order valence-electron chi connectivity index (χ3n) is 4.67. The first kappa shape index (κ1) is 17.2. The van der Waals surface area contributed by atoms with Crippen LogP contribution < -0.4 is 10.6 Å². The average molecular weight is 336 g/mol. The highest BCUT2D eigenvalue weighted by Gasteiger charge is 2.36. The van der Waals surface area contributed by atoms with Gasteiger partial charge in [-0.3, -0.25) is 9.59 Å². The summed E-state index contributed by atoms with van der Waals surface area (Å²) in [6, 6.07) is 19.2. The summed E-state index contributed by atoms with van der Waals surface area (Å²) in [5.41, 5.74) is 1.73. The SMILES string of the molecule is O=C1NCCCCCNC(=O)[C@@H](c2ccccc2)[C@H]1c1ccccc1. The molecule has 0 aliphatic carbocycles. The van der Waals surface area contributed by atoms with Gasteiger partial charge < -0.3 is 10.6 Å². The van der Waals surface area contributed by atoms with Crippen LogP contribution in [0.5, 0.6) is 0 Å². The lowest BCUT2D eigenvalue weighted by molar-refractivity contribution is -0.129. The fourth-order valence-corrected chi connectivity index (χ4v) is 3.38. The smallest absolute Gasteiger partial charge is 0.228 e. The van der Waals surface area contributed by atoms with E-state index in [0.29, 0.717) is 13.1 Å². The number of carbonyl (C=O) groups excluding carboxylic acids is 2. The van der Waals surface area contributed by atoms with E-state index in [1.54, 1.807) is 0 Å².